The number of rotatable bonds is 6. The molecular weight excluding hydrogens is 260 g/mol. The molecule has 1 fully saturated rings. The number of benzene rings is 1. The number of hydrogen-bond donors (Lipinski definition) is 3. The number of nitrogens with one attached hydrogen (secondary N) is 2. The van der Waals surface area contributed by atoms with Crippen LogP contribution in [0.5, 0.6) is 0 Å². The Labute approximate surface area is 116 Å². The summed E-state index contributed by atoms with van der Waals surface area (Å²) in [6, 6.07) is 4.56. The Morgan fingerprint density at radius 3 is 2.95 bits per heavy atom. The molecule has 0 saturated carbocycles. The summed E-state index contributed by atoms with van der Waals surface area (Å²) in [5.41, 5.74) is 5.74. The molecule has 0 spiro atoms. The summed E-state index contributed by atoms with van der Waals surface area (Å²) in [5, 5.41) is 17.3. The SMILES string of the molecule is NC(=O)c1ccc([N+](=O)[O-])c(NCCC2CCCN2)c1. The van der Waals surface area contributed by atoms with Crippen molar-refractivity contribution >= 4 is 17.3 Å². The van der Waals surface area contributed by atoms with Gasteiger partial charge in [-0.05, 0) is 37.9 Å². The van der Waals surface area contributed by atoms with E-state index in [0.29, 0.717) is 18.3 Å². The zero-order chi connectivity index (χ0) is 14.5. The van der Waals surface area contributed by atoms with Crippen molar-refractivity contribution in [3.63, 3.8) is 0 Å². The van der Waals surface area contributed by atoms with Crippen LogP contribution >= 0.6 is 0 Å². The Balaban J connectivity index is 2.04. The minimum absolute atomic E-state index is 0.0469. The monoisotopic (exact) mass is 278 g/mol. The Morgan fingerprint density at radius 1 is 1.55 bits per heavy atom. The molecule has 1 amide bonds. The van der Waals surface area contributed by atoms with Gasteiger partial charge in [-0.2, -0.15) is 0 Å². The Kier molecular flexibility index (Phi) is 4.52. The van der Waals surface area contributed by atoms with E-state index in [0.717, 1.165) is 19.4 Å². The Bertz CT molecular complexity index is 512. The number of primary amides is 1. The van der Waals surface area contributed by atoms with Crippen molar-refractivity contribution in [2.45, 2.75) is 25.3 Å². The lowest BCUT2D eigenvalue weighted by atomic mass is 10.1. The third kappa shape index (κ3) is 3.45. The summed E-state index contributed by atoms with van der Waals surface area (Å²) in [4.78, 5) is 21.6. The number of anilines is 1. The average Bonchev–Trinajstić information content (AvgIpc) is 2.91. The lowest BCUT2D eigenvalue weighted by Crippen LogP contribution is -2.24. The fourth-order valence-corrected chi connectivity index (χ4v) is 2.37. The number of nitro groups is 1. The maximum Gasteiger partial charge on any atom is 0.292 e. The van der Waals surface area contributed by atoms with E-state index in [1.54, 1.807) is 0 Å². The number of nitrogens with two attached hydrogens (primary N) is 1. The van der Waals surface area contributed by atoms with Gasteiger partial charge in [0.1, 0.15) is 5.69 Å². The van der Waals surface area contributed by atoms with E-state index in [1.165, 1.54) is 24.6 Å². The summed E-state index contributed by atoms with van der Waals surface area (Å²) >= 11 is 0. The lowest BCUT2D eigenvalue weighted by molar-refractivity contribution is -0.384. The number of carbonyl (C=O) groups is 1. The van der Waals surface area contributed by atoms with Crippen LogP contribution in [0.1, 0.15) is 29.6 Å². The van der Waals surface area contributed by atoms with Gasteiger partial charge in [-0.3, -0.25) is 14.9 Å². The van der Waals surface area contributed by atoms with Gasteiger partial charge in [-0.25, -0.2) is 0 Å². The van der Waals surface area contributed by atoms with Gasteiger partial charge in [0.05, 0.1) is 4.92 Å². The maximum atomic E-state index is 11.1. The summed E-state index contributed by atoms with van der Waals surface area (Å²) in [5.74, 6) is -0.597. The minimum Gasteiger partial charge on any atom is -0.379 e. The highest BCUT2D eigenvalue weighted by Gasteiger charge is 2.17. The number of nitro benzene ring substituents is 1. The van der Waals surface area contributed by atoms with Crippen molar-refractivity contribution in [2.75, 3.05) is 18.4 Å². The average molecular weight is 278 g/mol. The molecule has 1 heterocycles. The van der Waals surface area contributed by atoms with Gasteiger partial charge in [0.2, 0.25) is 5.91 Å². The lowest BCUT2D eigenvalue weighted by Gasteiger charge is -2.12. The van der Waals surface area contributed by atoms with Gasteiger partial charge < -0.3 is 16.4 Å². The largest absolute Gasteiger partial charge is 0.379 e. The van der Waals surface area contributed by atoms with Gasteiger partial charge >= 0.3 is 0 Å². The molecule has 4 N–H and O–H groups in total. The molecule has 20 heavy (non-hydrogen) atoms. The van der Waals surface area contributed by atoms with Crippen molar-refractivity contribution in [2.24, 2.45) is 5.73 Å². The van der Waals surface area contributed by atoms with Gasteiger partial charge in [0, 0.05) is 24.2 Å². The molecule has 1 aliphatic rings. The van der Waals surface area contributed by atoms with E-state index in [9.17, 15) is 14.9 Å². The molecule has 1 unspecified atom stereocenters. The molecular formula is C13H18N4O3. The molecule has 0 bridgehead atoms. The first-order chi connectivity index (χ1) is 9.58. The molecule has 7 heteroatoms. The molecule has 0 radical (unpaired) electrons. The first-order valence-electron chi connectivity index (χ1n) is 6.63. The van der Waals surface area contributed by atoms with Gasteiger partial charge in [-0.1, -0.05) is 0 Å². The molecule has 1 aliphatic heterocycles. The second kappa shape index (κ2) is 6.33. The molecule has 1 atom stereocenters. The van der Waals surface area contributed by atoms with Crippen LogP contribution in [-0.2, 0) is 0 Å². The van der Waals surface area contributed by atoms with Crippen molar-refractivity contribution in [3.05, 3.63) is 33.9 Å². The van der Waals surface area contributed by atoms with Crippen LogP contribution in [0.3, 0.4) is 0 Å². The smallest absolute Gasteiger partial charge is 0.292 e. The Hall–Kier alpha value is -2.15. The normalized spacial score (nSPS) is 17.9. The van der Waals surface area contributed by atoms with Gasteiger partial charge in [-0.15, -0.1) is 0 Å². The summed E-state index contributed by atoms with van der Waals surface area (Å²) < 4.78 is 0. The van der Waals surface area contributed by atoms with Crippen molar-refractivity contribution < 1.29 is 9.72 Å². The standard InChI is InChI=1S/C13H18N4O3/c14-13(18)9-3-4-12(17(19)20)11(8-9)16-7-5-10-2-1-6-15-10/h3-4,8,10,15-16H,1-2,5-7H2,(H2,14,18). The summed E-state index contributed by atoms with van der Waals surface area (Å²) in [6.07, 6.45) is 3.19. The quantitative estimate of drug-likeness (QED) is 0.535. The van der Waals surface area contributed by atoms with E-state index in [-0.39, 0.29) is 11.3 Å². The van der Waals surface area contributed by atoms with E-state index >= 15 is 0 Å². The molecule has 108 valence electrons. The van der Waals surface area contributed by atoms with E-state index in [1.807, 2.05) is 0 Å². The second-order valence-electron chi connectivity index (χ2n) is 4.86. The van der Waals surface area contributed by atoms with Crippen LogP contribution in [0.25, 0.3) is 0 Å². The molecule has 7 nitrogen and oxygen atoms in total. The van der Waals surface area contributed by atoms with Crippen LogP contribution < -0.4 is 16.4 Å². The number of nitrogens with zero attached hydrogens (tertiary/aromatic N) is 1. The van der Waals surface area contributed by atoms with Crippen LogP contribution in [0, 0.1) is 10.1 Å². The maximum absolute atomic E-state index is 11.1. The van der Waals surface area contributed by atoms with Gasteiger partial charge in [0.15, 0.2) is 0 Å². The topological polar surface area (TPSA) is 110 Å². The third-order valence-corrected chi connectivity index (χ3v) is 3.45. The van der Waals surface area contributed by atoms with Crippen LogP contribution in [0.2, 0.25) is 0 Å². The molecule has 0 aliphatic carbocycles. The Morgan fingerprint density at radius 2 is 2.35 bits per heavy atom. The highest BCUT2D eigenvalue weighted by atomic mass is 16.6. The van der Waals surface area contributed by atoms with Crippen LogP contribution in [0.4, 0.5) is 11.4 Å². The predicted molar refractivity (Wildman–Crippen MR) is 75.7 cm³/mol. The van der Waals surface area contributed by atoms with Gasteiger partial charge in [0.25, 0.3) is 5.69 Å². The molecule has 1 saturated heterocycles. The zero-order valence-electron chi connectivity index (χ0n) is 11.1. The summed E-state index contributed by atoms with van der Waals surface area (Å²) in [7, 11) is 0. The first kappa shape index (κ1) is 14.3. The van der Waals surface area contributed by atoms with Crippen molar-refractivity contribution in [3.8, 4) is 0 Å². The molecule has 1 aromatic carbocycles. The predicted octanol–water partition coefficient (Wildman–Crippen LogP) is 1.25. The highest BCUT2D eigenvalue weighted by Crippen LogP contribution is 2.25. The first-order valence-corrected chi connectivity index (χ1v) is 6.63. The fourth-order valence-electron chi connectivity index (χ4n) is 2.37. The number of carbonyl (C=O) groups excluding carboxylic acids is 1. The molecule has 1 aromatic rings. The number of amides is 1. The fraction of sp³-hybridized carbons (Fsp3) is 0.462. The number of hydrogen-bond acceptors (Lipinski definition) is 5. The van der Waals surface area contributed by atoms with E-state index in [2.05, 4.69) is 10.6 Å². The zero-order valence-corrected chi connectivity index (χ0v) is 11.1. The molecule has 0 aromatic heterocycles. The third-order valence-electron chi connectivity index (χ3n) is 3.45. The molecule has 2 rings (SSSR count). The van der Waals surface area contributed by atoms with E-state index in [4.69, 9.17) is 5.73 Å². The van der Waals surface area contributed by atoms with E-state index < -0.39 is 10.8 Å². The van der Waals surface area contributed by atoms with Crippen molar-refractivity contribution in [1.29, 1.82) is 0 Å². The van der Waals surface area contributed by atoms with Crippen molar-refractivity contribution in [1.82, 2.24) is 5.32 Å². The van der Waals surface area contributed by atoms with Crippen LogP contribution in [0.15, 0.2) is 18.2 Å². The second-order valence-corrected chi connectivity index (χ2v) is 4.86. The minimum atomic E-state index is -0.597. The highest BCUT2D eigenvalue weighted by molar-refractivity contribution is 5.94. The van der Waals surface area contributed by atoms with Crippen LogP contribution in [-0.4, -0.2) is 30.0 Å². The summed E-state index contributed by atoms with van der Waals surface area (Å²) in [6.45, 7) is 1.64.